The molecule has 7 aromatic rings. The van der Waals surface area contributed by atoms with E-state index in [1.165, 1.54) is 23.1 Å². The molecule has 0 bridgehead atoms. The van der Waals surface area contributed by atoms with Gasteiger partial charge in [-0.1, -0.05) is 59.8 Å². The van der Waals surface area contributed by atoms with Gasteiger partial charge in [0.15, 0.2) is 5.78 Å². The molecule has 1 aromatic heterocycles. The number of aromatic nitrogens is 1. The predicted octanol–water partition coefficient (Wildman–Crippen LogP) is 8.23. The molecule has 0 fully saturated rings. The van der Waals surface area contributed by atoms with E-state index in [2.05, 4.69) is 77.3 Å². The molecule has 0 aliphatic carbocycles. The van der Waals surface area contributed by atoms with Gasteiger partial charge in [-0.3, -0.25) is 4.79 Å². The molecule has 0 saturated carbocycles. The monoisotopic (exact) mass is 522 g/mol. The second-order valence-electron chi connectivity index (χ2n) is 10.3. The first-order valence-electron chi connectivity index (χ1n) is 13.4. The molecule has 7 rings (SSSR count). The Hall–Kier alpha value is -5.03. The van der Waals surface area contributed by atoms with E-state index in [0.717, 1.165) is 50.1 Å². The largest absolute Gasteiger partial charge is 0.341 e. The summed E-state index contributed by atoms with van der Waals surface area (Å²) < 4.78 is 2.25. The van der Waals surface area contributed by atoms with Gasteiger partial charge in [0.05, 0.1) is 5.71 Å². The number of carbonyl (C=O) groups excluding carboxylic acids is 2. The molecule has 194 valence electrons. The minimum atomic E-state index is -0.460. The second-order valence-corrected chi connectivity index (χ2v) is 10.3. The van der Waals surface area contributed by atoms with Gasteiger partial charge in [-0.15, -0.1) is 0 Å². The SMILES string of the molecule is CCn1c2ccc(C(=O)c3ccc4ccc5cccc6ccc3c4c56)cc2c2cc(/C(C)=N/OC(C)=O)ccc21. The highest BCUT2D eigenvalue weighted by Gasteiger charge is 2.19. The van der Waals surface area contributed by atoms with Crippen LogP contribution in [-0.2, 0) is 16.2 Å². The van der Waals surface area contributed by atoms with Gasteiger partial charge < -0.3 is 9.40 Å². The van der Waals surface area contributed by atoms with Gasteiger partial charge in [0.1, 0.15) is 0 Å². The Morgan fingerprint density at radius 3 is 1.98 bits per heavy atom. The summed E-state index contributed by atoms with van der Waals surface area (Å²) in [5.41, 5.74) is 4.95. The molecule has 0 unspecified atom stereocenters. The third-order valence-corrected chi connectivity index (χ3v) is 7.95. The highest BCUT2D eigenvalue weighted by atomic mass is 16.7. The molecular formula is C35H26N2O3. The Bertz CT molecular complexity index is 2170. The lowest BCUT2D eigenvalue weighted by molar-refractivity contribution is -0.140. The fourth-order valence-corrected chi connectivity index (χ4v) is 6.09. The van der Waals surface area contributed by atoms with Crippen molar-refractivity contribution in [1.82, 2.24) is 4.57 Å². The average Bonchev–Trinajstić information content (AvgIpc) is 3.30. The Labute approximate surface area is 230 Å². The van der Waals surface area contributed by atoms with Crippen LogP contribution in [-0.4, -0.2) is 22.0 Å². The normalized spacial score (nSPS) is 12.3. The number of fused-ring (bicyclic) bond motifs is 3. The topological polar surface area (TPSA) is 60.7 Å². The molecule has 0 aliphatic rings. The van der Waals surface area contributed by atoms with Crippen molar-refractivity contribution in [2.75, 3.05) is 0 Å². The molecule has 5 nitrogen and oxygen atoms in total. The molecule has 1 heterocycles. The molecule has 0 N–H and O–H groups in total. The molecule has 0 saturated heterocycles. The smallest absolute Gasteiger partial charge is 0.331 e. The molecule has 6 aromatic carbocycles. The summed E-state index contributed by atoms with van der Waals surface area (Å²) in [5, 5.41) is 12.8. The van der Waals surface area contributed by atoms with Crippen LogP contribution in [0.25, 0.3) is 54.1 Å². The van der Waals surface area contributed by atoms with Crippen LogP contribution in [0.3, 0.4) is 0 Å². The highest BCUT2D eigenvalue weighted by molar-refractivity contribution is 6.28. The Balaban J connectivity index is 1.40. The van der Waals surface area contributed by atoms with Crippen LogP contribution >= 0.6 is 0 Å². The van der Waals surface area contributed by atoms with Gasteiger partial charge in [-0.2, -0.15) is 0 Å². The molecular weight excluding hydrogens is 496 g/mol. The van der Waals surface area contributed by atoms with Gasteiger partial charge in [0, 0.05) is 46.4 Å². The van der Waals surface area contributed by atoms with Crippen molar-refractivity contribution >= 4 is 71.6 Å². The van der Waals surface area contributed by atoms with E-state index in [9.17, 15) is 9.59 Å². The Morgan fingerprint density at radius 1 is 0.700 bits per heavy atom. The first-order valence-corrected chi connectivity index (χ1v) is 13.4. The summed E-state index contributed by atoms with van der Waals surface area (Å²) in [6.45, 7) is 6.05. The van der Waals surface area contributed by atoms with Crippen LogP contribution in [0.4, 0.5) is 0 Å². The summed E-state index contributed by atoms with van der Waals surface area (Å²) in [5.74, 6) is -0.459. The zero-order valence-electron chi connectivity index (χ0n) is 22.5. The maximum atomic E-state index is 14.1. The minimum absolute atomic E-state index is 0.000915. The third kappa shape index (κ3) is 3.58. The first-order chi connectivity index (χ1) is 19.4. The number of hydrogen-bond acceptors (Lipinski definition) is 4. The maximum Gasteiger partial charge on any atom is 0.331 e. The maximum absolute atomic E-state index is 14.1. The number of oxime groups is 1. The number of hydrogen-bond donors (Lipinski definition) is 0. The number of nitrogens with zero attached hydrogens (tertiary/aromatic N) is 2. The van der Waals surface area contributed by atoms with Crippen molar-refractivity contribution in [2.45, 2.75) is 27.3 Å². The highest BCUT2D eigenvalue weighted by Crippen LogP contribution is 2.37. The van der Waals surface area contributed by atoms with Crippen molar-refractivity contribution in [1.29, 1.82) is 0 Å². The van der Waals surface area contributed by atoms with Crippen LogP contribution < -0.4 is 0 Å². The van der Waals surface area contributed by atoms with Crippen molar-refractivity contribution < 1.29 is 14.4 Å². The van der Waals surface area contributed by atoms with Crippen LogP contribution in [0.1, 0.15) is 42.3 Å². The zero-order chi connectivity index (χ0) is 27.5. The molecule has 0 radical (unpaired) electrons. The molecule has 40 heavy (non-hydrogen) atoms. The number of carbonyl (C=O) groups is 2. The lowest BCUT2D eigenvalue weighted by Crippen LogP contribution is -2.03. The average molecular weight is 523 g/mol. The quantitative estimate of drug-likeness (QED) is 0.0752. The summed E-state index contributed by atoms with van der Waals surface area (Å²) in [4.78, 5) is 30.2. The lowest BCUT2D eigenvalue weighted by Gasteiger charge is -2.13. The van der Waals surface area contributed by atoms with Crippen molar-refractivity contribution in [3.8, 4) is 0 Å². The molecule has 5 heteroatoms. The summed E-state index contributed by atoms with van der Waals surface area (Å²) in [6.07, 6.45) is 0. The van der Waals surface area contributed by atoms with Gasteiger partial charge >= 0.3 is 5.97 Å². The molecule has 0 atom stereocenters. The summed E-state index contributed by atoms with van der Waals surface area (Å²) in [6, 6.07) is 30.9. The number of ketones is 1. The van der Waals surface area contributed by atoms with E-state index in [-0.39, 0.29) is 5.78 Å². The van der Waals surface area contributed by atoms with E-state index in [0.29, 0.717) is 16.8 Å². The summed E-state index contributed by atoms with van der Waals surface area (Å²) in [7, 11) is 0. The Morgan fingerprint density at radius 2 is 1.30 bits per heavy atom. The van der Waals surface area contributed by atoms with E-state index >= 15 is 0 Å². The van der Waals surface area contributed by atoms with Gasteiger partial charge in [-0.05, 0) is 88.1 Å². The van der Waals surface area contributed by atoms with Crippen LogP contribution in [0.15, 0.2) is 96.2 Å². The predicted molar refractivity (Wildman–Crippen MR) is 163 cm³/mol. The minimum Gasteiger partial charge on any atom is -0.341 e. The van der Waals surface area contributed by atoms with Gasteiger partial charge in [0.25, 0.3) is 0 Å². The number of benzene rings is 6. The van der Waals surface area contributed by atoms with E-state index in [1.807, 2.05) is 37.3 Å². The third-order valence-electron chi connectivity index (χ3n) is 7.95. The zero-order valence-corrected chi connectivity index (χ0v) is 22.5. The molecule has 0 aliphatic heterocycles. The summed E-state index contributed by atoms with van der Waals surface area (Å²) >= 11 is 0. The van der Waals surface area contributed by atoms with Crippen LogP contribution in [0.5, 0.6) is 0 Å². The van der Waals surface area contributed by atoms with Crippen LogP contribution in [0.2, 0.25) is 0 Å². The molecule has 0 amide bonds. The number of rotatable bonds is 5. The van der Waals surface area contributed by atoms with Crippen molar-refractivity contribution in [2.24, 2.45) is 5.16 Å². The van der Waals surface area contributed by atoms with Crippen molar-refractivity contribution in [3.63, 3.8) is 0 Å². The molecule has 0 spiro atoms. The lowest BCUT2D eigenvalue weighted by atomic mass is 9.89. The fraction of sp³-hybridized carbons (Fsp3) is 0.114. The van der Waals surface area contributed by atoms with Crippen LogP contribution in [0, 0.1) is 0 Å². The van der Waals surface area contributed by atoms with E-state index < -0.39 is 5.97 Å². The second kappa shape index (κ2) is 9.02. The standard InChI is InChI=1S/C35H26N2O3/c1-4-37-31-16-12-25(20(2)36-40-21(3)38)18-29(31)30-19-26(13-17-32(30)37)35(39)28-15-11-24-9-8-22-6-5-7-23-10-14-27(28)34(24)33(22)23/h5-19H,4H2,1-3H3/b36-20+. The Kier molecular flexibility index (Phi) is 5.42. The number of aryl methyl sites for hydroxylation is 1. The van der Waals surface area contributed by atoms with Gasteiger partial charge in [-0.25, -0.2) is 4.79 Å². The first kappa shape index (κ1) is 24.0. The van der Waals surface area contributed by atoms with Gasteiger partial charge in [0.2, 0.25) is 0 Å². The van der Waals surface area contributed by atoms with Crippen molar-refractivity contribution in [3.05, 3.63) is 108 Å². The fourth-order valence-electron chi connectivity index (χ4n) is 6.09. The van der Waals surface area contributed by atoms with E-state index in [1.54, 1.807) is 0 Å². The van der Waals surface area contributed by atoms with E-state index in [4.69, 9.17) is 4.84 Å².